The maximum absolute atomic E-state index is 12.2. The summed E-state index contributed by atoms with van der Waals surface area (Å²) in [6.45, 7) is 0.359. The molecule has 5 N–H and O–H groups in total. The van der Waals surface area contributed by atoms with Crippen molar-refractivity contribution in [3.8, 4) is 0 Å². The first-order chi connectivity index (χ1) is 20.2. The third-order valence-electron chi connectivity index (χ3n) is 6.75. The first kappa shape index (κ1) is 39.3. The minimum Gasteiger partial charge on any atom is -0.481 e. The molecule has 0 saturated carbocycles. The van der Waals surface area contributed by atoms with Crippen LogP contribution < -0.4 is 10.6 Å². The van der Waals surface area contributed by atoms with Gasteiger partial charge in [0.05, 0.1) is 19.8 Å². The van der Waals surface area contributed by atoms with Crippen molar-refractivity contribution in [2.75, 3.05) is 33.0 Å². The molecule has 0 fully saturated rings. The molecule has 1 atom stereocenters. The van der Waals surface area contributed by atoms with Crippen LogP contribution in [0.15, 0.2) is 0 Å². The van der Waals surface area contributed by atoms with Crippen LogP contribution in [0.25, 0.3) is 0 Å². The SMILES string of the molecule is O=C(O)CCCCCCCCCCCCCCCCCC(=O)N[C@@H](CCC(=O)NCCOCCOCC(=O)O)C(=O)O. The number of nitrogens with one attached hydrogen (secondary N) is 2. The molecule has 2 amide bonds. The lowest BCUT2D eigenvalue weighted by Gasteiger charge is -2.14. The lowest BCUT2D eigenvalue weighted by atomic mass is 10.0. The van der Waals surface area contributed by atoms with E-state index in [0.717, 1.165) is 38.5 Å². The summed E-state index contributed by atoms with van der Waals surface area (Å²) in [4.78, 5) is 56.4. The molecule has 0 aliphatic carbocycles. The molecule has 0 rings (SSSR count). The average molecular weight is 603 g/mol. The van der Waals surface area contributed by atoms with Gasteiger partial charge in [-0.05, 0) is 19.3 Å². The van der Waals surface area contributed by atoms with Crippen LogP contribution in [0.2, 0.25) is 0 Å². The number of rotatable bonds is 31. The van der Waals surface area contributed by atoms with E-state index < -0.39 is 30.6 Å². The summed E-state index contributed by atoms with van der Waals surface area (Å²) in [5, 5.41) is 31.6. The van der Waals surface area contributed by atoms with Gasteiger partial charge in [0, 0.05) is 25.8 Å². The number of hydrogen-bond donors (Lipinski definition) is 5. The Balaban J connectivity index is 3.63. The molecule has 42 heavy (non-hydrogen) atoms. The van der Waals surface area contributed by atoms with Crippen molar-refractivity contribution in [2.45, 2.75) is 128 Å². The van der Waals surface area contributed by atoms with E-state index in [9.17, 15) is 29.1 Å². The molecule has 0 unspecified atom stereocenters. The second-order valence-corrected chi connectivity index (χ2v) is 10.6. The minimum absolute atomic E-state index is 0.00854. The second kappa shape index (κ2) is 28.4. The first-order valence-corrected chi connectivity index (χ1v) is 15.6. The Bertz CT molecular complexity index is 748. The molecule has 0 bridgehead atoms. The van der Waals surface area contributed by atoms with Crippen molar-refractivity contribution in [1.29, 1.82) is 0 Å². The fourth-order valence-corrected chi connectivity index (χ4v) is 4.39. The first-order valence-electron chi connectivity index (χ1n) is 15.6. The van der Waals surface area contributed by atoms with Crippen LogP contribution in [0.3, 0.4) is 0 Å². The Morgan fingerprint density at radius 2 is 1.00 bits per heavy atom. The summed E-state index contributed by atoms with van der Waals surface area (Å²) in [7, 11) is 0. The number of ether oxygens (including phenoxy) is 2. The number of carbonyl (C=O) groups is 5. The van der Waals surface area contributed by atoms with Crippen LogP contribution >= 0.6 is 0 Å². The van der Waals surface area contributed by atoms with Crippen molar-refractivity contribution in [3.05, 3.63) is 0 Å². The van der Waals surface area contributed by atoms with Crippen LogP contribution in [0.5, 0.6) is 0 Å². The zero-order valence-electron chi connectivity index (χ0n) is 25.2. The van der Waals surface area contributed by atoms with E-state index in [-0.39, 0.29) is 63.9 Å². The predicted molar refractivity (Wildman–Crippen MR) is 157 cm³/mol. The zero-order chi connectivity index (χ0) is 31.3. The number of hydrogen-bond acceptors (Lipinski definition) is 7. The van der Waals surface area contributed by atoms with E-state index in [1.165, 1.54) is 51.4 Å². The van der Waals surface area contributed by atoms with Crippen LogP contribution in [-0.4, -0.2) is 84.1 Å². The highest BCUT2D eigenvalue weighted by Gasteiger charge is 2.20. The van der Waals surface area contributed by atoms with Gasteiger partial charge in [-0.3, -0.25) is 14.4 Å². The van der Waals surface area contributed by atoms with Crippen molar-refractivity contribution in [2.24, 2.45) is 0 Å². The standard InChI is InChI=1S/C30H54N2O10/c33-26(31-20-21-41-22-23-42-24-29(37)38)19-18-25(30(39)40)32-27(34)16-14-12-10-8-6-4-2-1-3-5-7-9-11-13-15-17-28(35)36/h25H,1-24H2,(H,31,33)(H,32,34)(H,35,36)(H,37,38)(H,39,40)/t25-/m0/s1. The topological polar surface area (TPSA) is 189 Å². The quantitative estimate of drug-likeness (QED) is 0.0716. The highest BCUT2D eigenvalue weighted by atomic mass is 16.5. The molecule has 12 nitrogen and oxygen atoms in total. The Hall–Kier alpha value is -2.73. The van der Waals surface area contributed by atoms with Gasteiger partial charge in [0.2, 0.25) is 11.8 Å². The van der Waals surface area contributed by atoms with Gasteiger partial charge < -0.3 is 35.4 Å². The number of carboxylic acid groups (broad SMARTS) is 3. The molecule has 0 aromatic carbocycles. The Morgan fingerprint density at radius 3 is 1.48 bits per heavy atom. The smallest absolute Gasteiger partial charge is 0.329 e. The van der Waals surface area contributed by atoms with Gasteiger partial charge in [0.15, 0.2) is 0 Å². The maximum atomic E-state index is 12.2. The molecule has 244 valence electrons. The monoisotopic (exact) mass is 602 g/mol. The van der Waals surface area contributed by atoms with Gasteiger partial charge in [-0.15, -0.1) is 0 Å². The largest absolute Gasteiger partial charge is 0.481 e. The van der Waals surface area contributed by atoms with Crippen LogP contribution in [0.4, 0.5) is 0 Å². The number of unbranched alkanes of at least 4 members (excludes halogenated alkanes) is 14. The molecule has 0 aliphatic heterocycles. The molecule has 0 aromatic rings. The van der Waals surface area contributed by atoms with E-state index in [1.807, 2.05) is 0 Å². The summed E-state index contributed by atoms with van der Waals surface area (Å²) in [5.41, 5.74) is 0. The van der Waals surface area contributed by atoms with E-state index in [0.29, 0.717) is 6.42 Å². The van der Waals surface area contributed by atoms with Gasteiger partial charge in [-0.25, -0.2) is 9.59 Å². The van der Waals surface area contributed by atoms with Crippen LogP contribution in [0.1, 0.15) is 122 Å². The van der Waals surface area contributed by atoms with Gasteiger partial charge in [-0.2, -0.15) is 0 Å². The van der Waals surface area contributed by atoms with Gasteiger partial charge in [0.1, 0.15) is 12.6 Å². The average Bonchev–Trinajstić information content (AvgIpc) is 2.93. The minimum atomic E-state index is -1.17. The highest BCUT2D eigenvalue weighted by Crippen LogP contribution is 2.14. The summed E-state index contributed by atoms with van der Waals surface area (Å²) in [5.74, 6) is -3.60. The third-order valence-corrected chi connectivity index (χ3v) is 6.75. The zero-order valence-corrected chi connectivity index (χ0v) is 25.2. The Labute approximate surface area is 250 Å². The lowest BCUT2D eigenvalue weighted by molar-refractivity contribution is -0.143. The fourth-order valence-electron chi connectivity index (χ4n) is 4.39. The normalized spacial score (nSPS) is 11.6. The summed E-state index contributed by atoms with van der Waals surface area (Å²) < 4.78 is 10.0. The van der Waals surface area contributed by atoms with Crippen molar-refractivity contribution in [1.82, 2.24) is 10.6 Å². The Morgan fingerprint density at radius 1 is 0.524 bits per heavy atom. The third kappa shape index (κ3) is 28.8. The number of carboxylic acids is 3. The van der Waals surface area contributed by atoms with Crippen molar-refractivity contribution < 1.29 is 48.8 Å². The molecule has 0 radical (unpaired) electrons. The fraction of sp³-hybridized carbons (Fsp3) is 0.833. The van der Waals surface area contributed by atoms with Gasteiger partial charge in [0.25, 0.3) is 0 Å². The Kier molecular flexibility index (Phi) is 26.5. The number of aliphatic carboxylic acids is 3. The van der Waals surface area contributed by atoms with E-state index in [4.69, 9.17) is 19.7 Å². The molecular formula is C30H54N2O10. The van der Waals surface area contributed by atoms with Gasteiger partial charge in [-0.1, -0.05) is 83.5 Å². The second-order valence-electron chi connectivity index (χ2n) is 10.6. The summed E-state index contributed by atoms with van der Waals surface area (Å²) in [6, 6.07) is -1.12. The molecule has 0 aliphatic rings. The molecular weight excluding hydrogens is 548 g/mol. The highest BCUT2D eigenvalue weighted by molar-refractivity contribution is 5.84. The van der Waals surface area contributed by atoms with E-state index in [2.05, 4.69) is 10.6 Å². The van der Waals surface area contributed by atoms with Gasteiger partial charge >= 0.3 is 17.9 Å². The number of amides is 2. The summed E-state index contributed by atoms with van der Waals surface area (Å²) in [6.07, 6.45) is 17.1. The maximum Gasteiger partial charge on any atom is 0.329 e. The molecule has 0 spiro atoms. The van der Waals surface area contributed by atoms with Crippen molar-refractivity contribution >= 4 is 29.7 Å². The summed E-state index contributed by atoms with van der Waals surface area (Å²) >= 11 is 0. The molecule has 0 saturated heterocycles. The number of carbonyl (C=O) groups excluding carboxylic acids is 2. The predicted octanol–water partition coefficient (Wildman–Crippen LogP) is 4.29. The lowest BCUT2D eigenvalue weighted by Crippen LogP contribution is -2.41. The van der Waals surface area contributed by atoms with Crippen molar-refractivity contribution in [3.63, 3.8) is 0 Å². The molecule has 0 heterocycles. The van der Waals surface area contributed by atoms with E-state index in [1.54, 1.807) is 0 Å². The van der Waals surface area contributed by atoms with Crippen LogP contribution in [-0.2, 0) is 33.4 Å². The molecule has 12 heteroatoms. The molecule has 0 aromatic heterocycles. The van der Waals surface area contributed by atoms with Crippen LogP contribution in [0, 0.1) is 0 Å². The van der Waals surface area contributed by atoms with E-state index >= 15 is 0 Å².